The largest absolute Gasteiger partial charge is 0.634 e. The average Bonchev–Trinajstić information content (AvgIpc) is 2.50. The quantitative estimate of drug-likeness (QED) is 0.473. The van der Waals surface area contributed by atoms with Gasteiger partial charge in [0.1, 0.15) is 0 Å². The van der Waals surface area contributed by atoms with Crippen LogP contribution in [0.4, 0.5) is 0 Å². The number of hydrogen-bond donors (Lipinski definition) is 3. The minimum Gasteiger partial charge on any atom is -0.465 e. The molecule has 0 radical (unpaired) electrons. The molecule has 1 aromatic carbocycles. The van der Waals surface area contributed by atoms with Crippen molar-refractivity contribution in [3.8, 4) is 0 Å². The third-order valence-corrected chi connectivity index (χ3v) is 4.04. The van der Waals surface area contributed by atoms with E-state index in [4.69, 9.17) is 14.7 Å². The van der Waals surface area contributed by atoms with Gasteiger partial charge in [-0.25, -0.2) is 9.59 Å². The number of aliphatic hydroxyl groups is 1. The Bertz CT molecular complexity index is 603. The Hall–Kier alpha value is -1.94. The summed E-state index contributed by atoms with van der Waals surface area (Å²) in [4.78, 5) is 23.7. The molecule has 0 aliphatic heterocycles. The molecule has 0 aromatic heterocycles. The van der Waals surface area contributed by atoms with Crippen molar-refractivity contribution in [2.75, 3.05) is 14.2 Å². The van der Waals surface area contributed by atoms with Crippen LogP contribution < -0.4 is 0 Å². The van der Waals surface area contributed by atoms with Crippen LogP contribution in [0.2, 0.25) is 0 Å². The Morgan fingerprint density at radius 1 is 1.00 bits per heavy atom. The van der Waals surface area contributed by atoms with Gasteiger partial charge >= 0.3 is 19.3 Å². The van der Waals surface area contributed by atoms with E-state index >= 15 is 0 Å². The predicted molar refractivity (Wildman–Crippen MR) is 88.8 cm³/mol. The van der Waals surface area contributed by atoms with E-state index in [0.29, 0.717) is 5.56 Å². The van der Waals surface area contributed by atoms with Crippen LogP contribution in [0.1, 0.15) is 47.1 Å². The zero-order chi connectivity index (χ0) is 19.4. The van der Waals surface area contributed by atoms with Crippen LogP contribution in [0.25, 0.3) is 0 Å². The van der Waals surface area contributed by atoms with Crippen LogP contribution in [0.5, 0.6) is 0 Å². The van der Waals surface area contributed by atoms with Crippen molar-refractivity contribution < 1.29 is 38.9 Å². The Balaban J connectivity index is 3.38. The van der Waals surface area contributed by atoms with Gasteiger partial charge < -0.3 is 29.3 Å². The molecule has 0 aliphatic rings. The number of benzene rings is 1. The summed E-state index contributed by atoms with van der Waals surface area (Å²) in [5.74, 6) is -1.31. The van der Waals surface area contributed by atoms with Gasteiger partial charge in [-0.2, -0.15) is 0 Å². The lowest BCUT2D eigenvalue weighted by atomic mass is 9.80. The summed E-state index contributed by atoms with van der Waals surface area (Å²) in [6.07, 6.45) is -0.0249. The summed E-state index contributed by atoms with van der Waals surface area (Å²) in [7, 11) is 0.304. The summed E-state index contributed by atoms with van der Waals surface area (Å²) >= 11 is 0. The number of carbonyl (C=O) groups is 2. The minimum absolute atomic E-state index is 0.0249. The molecule has 0 saturated heterocycles. The molecule has 1 rings (SSSR count). The standard InChI is InChI=1S/C16H23BO8/c1-15(2,20)16(3,25-17(21)22)9-10-6-11(13(18)23-4)8-12(7-10)14(19)24-5/h6-8,20-22H,9H2,1-5H3. The second-order valence-electron chi connectivity index (χ2n) is 6.31. The first kappa shape index (κ1) is 21.1. The van der Waals surface area contributed by atoms with E-state index in [0.717, 1.165) is 0 Å². The maximum atomic E-state index is 11.8. The zero-order valence-electron chi connectivity index (χ0n) is 14.9. The van der Waals surface area contributed by atoms with Gasteiger partial charge in [-0.15, -0.1) is 0 Å². The van der Waals surface area contributed by atoms with Gasteiger partial charge in [0.2, 0.25) is 0 Å². The predicted octanol–water partition coefficient (Wildman–Crippen LogP) is 0.318. The fourth-order valence-corrected chi connectivity index (χ4v) is 2.29. The number of methoxy groups -OCH3 is 2. The van der Waals surface area contributed by atoms with Crippen LogP contribution in [0.15, 0.2) is 18.2 Å². The molecule has 0 fully saturated rings. The van der Waals surface area contributed by atoms with Crippen molar-refractivity contribution >= 4 is 19.3 Å². The van der Waals surface area contributed by atoms with Crippen molar-refractivity contribution in [1.29, 1.82) is 0 Å². The molecule has 8 nitrogen and oxygen atoms in total. The molecule has 9 heteroatoms. The summed E-state index contributed by atoms with van der Waals surface area (Å²) < 4.78 is 14.4. The smallest absolute Gasteiger partial charge is 0.465 e. The first-order valence-corrected chi connectivity index (χ1v) is 7.50. The second kappa shape index (κ2) is 7.96. The van der Waals surface area contributed by atoms with Crippen LogP contribution >= 0.6 is 0 Å². The minimum atomic E-state index is -2.11. The number of hydrogen-bond acceptors (Lipinski definition) is 8. The summed E-state index contributed by atoms with van der Waals surface area (Å²) in [6, 6.07) is 4.26. The highest BCUT2D eigenvalue weighted by Gasteiger charge is 2.43. The van der Waals surface area contributed by atoms with Crippen LogP contribution in [0, 0.1) is 0 Å². The van der Waals surface area contributed by atoms with Crippen molar-refractivity contribution in [2.45, 2.75) is 38.4 Å². The summed E-state index contributed by atoms with van der Waals surface area (Å²) in [5.41, 5.74) is -2.23. The molecule has 0 amide bonds. The van der Waals surface area contributed by atoms with E-state index in [9.17, 15) is 14.7 Å². The fourth-order valence-electron chi connectivity index (χ4n) is 2.29. The highest BCUT2D eigenvalue weighted by molar-refractivity contribution is 6.32. The lowest BCUT2D eigenvalue weighted by Crippen LogP contribution is -2.54. The molecule has 1 atom stereocenters. The first-order valence-electron chi connectivity index (χ1n) is 7.50. The van der Waals surface area contributed by atoms with Gasteiger partial charge in [-0.3, -0.25) is 0 Å². The van der Waals surface area contributed by atoms with E-state index < -0.39 is 30.5 Å². The van der Waals surface area contributed by atoms with Gasteiger partial charge in [-0.1, -0.05) is 0 Å². The first-order chi connectivity index (χ1) is 11.4. The molecule has 0 saturated carbocycles. The lowest BCUT2D eigenvalue weighted by molar-refractivity contribution is -0.119. The number of esters is 2. The van der Waals surface area contributed by atoms with E-state index in [2.05, 4.69) is 9.47 Å². The summed E-state index contributed by atoms with van der Waals surface area (Å²) in [5, 5.41) is 28.7. The second-order valence-corrected chi connectivity index (χ2v) is 6.31. The molecule has 0 bridgehead atoms. The van der Waals surface area contributed by atoms with E-state index in [1.54, 1.807) is 0 Å². The van der Waals surface area contributed by atoms with E-state index in [1.807, 2.05) is 0 Å². The Morgan fingerprint density at radius 2 is 1.44 bits per heavy atom. The van der Waals surface area contributed by atoms with Crippen molar-refractivity contribution in [2.24, 2.45) is 0 Å². The van der Waals surface area contributed by atoms with Crippen LogP contribution in [0.3, 0.4) is 0 Å². The summed E-state index contributed by atoms with van der Waals surface area (Å²) in [6.45, 7) is 4.37. The molecule has 138 valence electrons. The van der Waals surface area contributed by atoms with E-state index in [1.165, 1.54) is 53.2 Å². The van der Waals surface area contributed by atoms with Gasteiger partial charge in [0.05, 0.1) is 36.5 Å². The monoisotopic (exact) mass is 354 g/mol. The molecule has 25 heavy (non-hydrogen) atoms. The number of rotatable bonds is 7. The maximum Gasteiger partial charge on any atom is 0.634 e. The molecule has 1 unspecified atom stereocenters. The number of carbonyl (C=O) groups excluding carboxylic acids is 2. The molecule has 1 aromatic rings. The van der Waals surface area contributed by atoms with Crippen molar-refractivity contribution in [3.05, 3.63) is 34.9 Å². The highest BCUT2D eigenvalue weighted by Crippen LogP contribution is 2.31. The van der Waals surface area contributed by atoms with E-state index in [-0.39, 0.29) is 17.5 Å². The third-order valence-electron chi connectivity index (χ3n) is 4.04. The molecular weight excluding hydrogens is 331 g/mol. The normalized spacial score (nSPS) is 13.8. The zero-order valence-corrected chi connectivity index (χ0v) is 14.9. The number of ether oxygens (including phenoxy) is 2. The molecule has 0 spiro atoms. The Kier molecular flexibility index (Phi) is 6.72. The molecular formula is C16H23BO8. The van der Waals surface area contributed by atoms with Gasteiger partial charge in [0, 0.05) is 6.42 Å². The SMILES string of the molecule is COC(=O)c1cc(CC(C)(OB(O)O)C(C)(C)O)cc(C(=O)OC)c1. The van der Waals surface area contributed by atoms with Crippen LogP contribution in [-0.2, 0) is 20.5 Å². The van der Waals surface area contributed by atoms with Gasteiger partial charge in [0.15, 0.2) is 0 Å². The third kappa shape index (κ3) is 5.27. The molecule has 0 aliphatic carbocycles. The lowest BCUT2D eigenvalue weighted by Gasteiger charge is -2.40. The van der Waals surface area contributed by atoms with Gasteiger partial charge in [-0.05, 0) is 44.5 Å². The molecule has 0 heterocycles. The molecule has 3 N–H and O–H groups in total. The highest BCUT2D eigenvalue weighted by atomic mass is 16.6. The van der Waals surface area contributed by atoms with Crippen LogP contribution in [-0.4, -0.2) is 59.8 Å². The fraction of sp³-hybridized carbons (Fsp3) is 0.500. The topological polar surface area (TPSA) is 123 Å². The average molecular weight is 354 g/mol. The van der Waals surface area contributed by atoms with Gasteiger partial charge in [0.25, 0.3) is 0 Å². The van der Waals surface area contributed by atoms with Crippen molar-refractivity contribution in [3.63, 3.8) is 0 Å². The Morgan fingerprint density at radius 3 is 1.76 bits per heavy atom. The Labute approximate surface area is 146 Å². The van der Waals surface area contributed by atoms with Crippen molar-refractivity contribution in [1.82, 2.24) is 0 Å². The maximum absolute atomic E-state index is 11.8.